The molecule has 0 bridgehead atoms. The Bertz CT molecular complexity index is 740. The van der Waals surface area contributed by atoms with Gasteiger partial charge in [0, 0.05) is 12.3 Å². The van der Waals surface area contributed by atoms with Crippen molar-refractivity contribution in [3.63, 3.8) is 0 Å². The molecule has 1 aromatic carbocycles. The topological polar surface area (TPSA) is 81.9 Å². The Hall–Kier alpha value is -1.96. The molecule has 2 N–H and O–H groups in total. The van der Waals surface area contributed by atoms with Crippen molar-refractivity contribution < 1.29 is 19.1 Å². The van der Waals surface area contributed by atoms with E-state index in [-0.39, 0.29) is 42.8 Å². The number of rotatable bonds is 6. The van der Waals surface area contributed by atoms with Crippen molar-refractivity contribution in [2.24, 2.45) is 11.1 Å². The van der Waals surface area contributed by atoms with Crippen molar-refractivity contribution in [3.8, 4) is 5.75 Å². The van der Waals surface area contributed by atoms with Gasteiger partial charge in [-0.25, -0.2) is 0 Å². The Balaban J connectivity index is 0.00000261. The molecular formula is C19H23ClN2O4S. The molecule has 0 aliphatic carbocycles. The average Bonchev–Trinajstić information content (AvgIpc) is 2.69. The minimum Gasteiger partial charge on any atom is -0.497 e. The van der Waals surface area contributed by atoms with Crippen LogP contribution in [-0.2, 0) is 20.9 Å². The van der Waals surface area contributed by atoms with E-state index in [4.69, 9.17) is 15.2 Å². The molecular weight excluding hydrogens is 388 g/mol. The molecule has 2 unspecified atom stereocenters. The number of β-lactam (4-membered cyclic amide) rings is 1. The first kappa shape index (κ1) is 21.3. The number of allylic oxidation sites excluding steroid dienone is 2. The summed E-state index contributed by atoms with van der Waals surface area (Å²) in [7, 11) is 1.60. The van der Waals surface area contributed by atoms with Crippen LogP contribution < -0.4 is 10.5 Å². The number of thioether (sulfide) groups is 1. The van der Waals surface area contributed by atoms with Crippen LogP contribution in [0.25, 0.3) is 0 Å². The number of ether oxygens (including phenoxy) is 2. The van der Waals surface area contributed by atoms with Gasteiger partial charge in [-0.2, -0.15) is 0 Å². The molecule has 0 aromatic heterocycles. The first-order valence-corrected chi connectivity index (χ1v) is 9.34. The number of amides is 1. The number of carbonyl (C=O) groups is 2. The Kier molecular flexibility index (Phi) is 6.97. The minimum atomic E-state index is -0.891. The number of carbonyl (C=O) groups excluding carboxylic acids is 2. The number of methoxy groups -OCH3 is 1. The van der Waals surface area contributed by atoms with Crippen molar-refractivity contribution in [2.45, 2.75) is 18.0 Å². The number of halogens is 1. The van der Waals surface area contributed by atoms with Gasteiger partial charge in [0.25, 0.3) is 0 Å². The summed E-state index contributed by atoms with van der Waals surface area (Å²) < 4.78 is 10.7. The summed E-state index contributed by atoms with van der Waals surface area (Å²) >= 11 is 1.51. The Morgan fingerprint density at radius 1 is 1.44 bits per heavy atom. The third-order valence-corrected chi connectivity index (χ3v) is 6.20. The highest BCUT2D eigenvalue weighted by Crippen LogP contribution is 2.42. The Labute approximate surface area is 169 Å². The Morgan fingerprint density at radius 3 is 2.78 bits per heavy atom. The molecule has 3 rings (SSSR count). The molecule has 8 heteroatoms. The highest BCUT2D eigenvalue weighted by atomic mass is 35.5. The predicted molar refractivity (Wildman–Crippen MR) is 108 cm³/mol. The summed E-state index contributed by atoms with van der Waals surface area (Å²) in [4.78, 5) is 26.5. The zero-order chi connectivity index (χ0) is 18.7. The molecule has 1 aromatic rings. The molecule has 2 saturated heterocycles. The average molecular weight is 411 g/mol. The van der Waals surface area contributed by atoms with Crippen molar-refractivity contribution in [3.05, 3.63) is 54.6 Å². The highest BCUT2D eigenvalue weighted by molar-refractivity contribution is 8.00. The maximum Gasteiger partial charge on any atom is 0.318 e. The van der Waals surface area contributed by atoms with Crippen molar-refractivity contribution in [1.29, 1.82) is 0 Å². The largest absolute Gasteiger partial charge is 0.497 e. The molecule has 27 heavy (non-hydrogen) atoms. The van der Waals surface area contributed by atoms with E-state index < -0.39 is 11.5 Å². The van der Waals surface area contributed by atoms with Gasteiger partial charge in [-0.1, -0.05) is 36.9 Å². The molecule has 2 fully saturated rings. The minimum absolute atomic E-state index is 0. The Morgan fingerprint density at radius 2 is 2.15 bits per heavy atom. The van der Waals surface area contributed by atoms with Crippen LogP contribution in [0.15, 0.2) is 49.1 Å². The van der Waals surface area contributed by atoms with E-state index in [1.165, 1.54) is 11.8 Å². The number of esters is 1. The first-order chi connectivity index (χ1) is 12.5. The standard InChI is InChI=1S/C19H22N2O4S.ClH/c1-3-4-9-19(11-21-16(22)15(20)17(21)26-12-19)18(23)25-10-13-5-7-14(24-2)8-6-13;/h3-9,15,17H,1,10-12,20H2,2H3;1H/t15?,17-,19?;/m1./s1. The van der Waals surface area contributed by atoms with Crippen LogP contribution in [0.5, 0.6) is 5.75 Å². The maximum absolute atomic E-state index is 12.9. The summed E-state index contributed by atoms with van der Waals surface area (Å²) in [5.41, 5.74) is 5.80. The summed E-state index contributed by atoms with van der Waals surface area (Å²) in [6.45, 7) is 4.10. The molecule has 2 heterocycles. The summed E-state index contributed by atoms with van der Waals surface area (Å²) in [5, 5.41) is -0.0536. The van der Waals surface area contributed by atoms with Gasteiger partial charge in [-0.15, -0.1) is 24.2 Å². The number of hydrogen-bond acceptors (Lipinski definition) is 6. The van der Waals surface area contributed by atoms with E-state index in [2.05, 4.69) is 6.58 Å². The van der Waals surface area contributed by atoms with E-state index in [1.807, 2.05) is 24.3 Å². The van der Waals surface area contributed by atoms with E-state index in [0.29, 0.717) is 5.75 Å². The van der Waals surface area contributed by atoms with Crippen LogP contribution in [0.3, 0.4) is 0 Å². The van der Waals surface area contributed by atoms with Crippen LogP contribution in [0.2, 0.25) is 0 Å². The third kappa shape index (κ3) is 4.15. The molecule has 1 amide bonds. The lowest BCUT2D eigenvalue weighted by Gasteiger charge is -2.52. The molecule has 146 valence electrons. The van der Waals surface area contributed by atoms with E-state index in [1.54, 1.807) is 30.2 Å². The molecule has 0 saturated carbocycles. The van der Waals surface area contributed by atoms with E-state index in [9.17, 15) is 9.59 Å². The van der Waals surface area contributed by atoms with Gasteiger partial charge in [-0.05, 0) is 17.7 Å². The van der Waals surface area contributed by atoms with Gasteiger partial charge in [0.05, 0.1) is 7.11 Å². The van der Waals surface area contributed by atoms with Crippen molar-refractivity contribution in [1.82, 2.24) is 4.90 Å². The second-order valence-electron chi connectivity index (χ2n) is 6.37. The normalized spacial score (nSPS) is 26.6. The predicted octanol–water partition coefficient (Wildman–Crippen LogP) is 2.13. The van der Waals surface area contributed by atoms with Gasteiger partial charge in [0.15, 0.2) is 0 Å². The third-order valence-electron chi connectivity index (χ3n) is 4.63. The summed E-state index contributed by atoms with van der Waals surface area (Å²) in [6.07, 6.45) is 5.11. The molecule has 3 atom stereocenters. The number of nitrogens with two attached hydrogens (primary N) is 1. The maximum atomic E-state index is 12.9. The lowest BCUT2D eigenvalue weighted by molar-refractivity contribution is -0.159. The summed E-state index contributed by atoms with van der Waals surface area (Å²) in [6, 6.07) is 6.86. The quantitative estimate of drug-likeness (QED) is 0.439. The number of fused-ring (bicyclic) bond motifs is 1. The molecule has 2 aliphatic rings. The van der Waals surface area contributed by atoms with Crippen LogP contribution >= 0.6 is 24.2 Å². The zero-order valence-electron chi connectivity index (χ0n) is 15.0. The number of nitrogens with zero attached hydrogens (tertiary/aromatic N) is 1. The molecule has 0 spiro atoms. The molecule has 0 radical (unpaired) electrons. The lowest BCUT2D eigenvalue weighted by atomic mass is 9.86. The van der Waals surface area contributed by atoms with E-state index in [0.717, 1.165) is 11.3 Å². The fourth-order valence-electron chi connectivity index (χ4n) is 3.05. The monoisotopic (exact) mass is 410 g/mol. The van der Waals surface area contributed by atoms with Crippen LogP contribution in [0.1, 0.15) is 5.56 Å². The number of benzene rings is 1. The lowest BCUT2D eigenvalue weighted by Crippen LogP contribution is -2.71. The van der Waals surface area contributed by atoms with Crippen LogP contribution in [0.4, 0.5) is 0 Å². The van der Waals surface area contributed by atoms with Crippen molar-refractivity contribution in [2.75, 3.05) is 19.4 Å². The fourth-order valence-corrected chi connectivity index (χ4v) is 4.51. The van der Waals surface area contributed by atoms with Crippen molar-refractivity contribution >= 4 is 36.0 Å². The smallest absolute Gasteiger partial charge is 0.318 e. The number of hydrogen-bond donors (Lipinski definition) is 1. The van der Waals surface area contributed by atoms with Crippen LogP contribution in [-0.4, -0.2) is 47.6 Å². The second kappa shape index (κ2) is 8.82. The van der Waals surface area contributed by atoms with E-state index >= 15 is 0 Å². The van der Waals surface area contributed by atoms with Gasteiger partial charge in [0.2, 0.25) is 5.91 Å². The van der Waals surface area contributed by atoms with Gasteiger partial charge in [0.1, 0.15) is 29.2 Å². The fraction of sp³-hybridized carbons (Fsp3) is 0.368. The highest BCUT2D eigenvalue weighted by Gasteiger charge is 2.55. The van der Waals surface area contributed by atoms with Crippen LogP contribution in [0, 0.1) is 5.41 Å². The molecule has 6 nitrogen and oxygen atoms in total. The zero-order valence-corrected chi connectivity index (χ0v) is 16.6. The first-order valence-electron chi connectivity index (χ1n) is 8.29. The van der Waals surface area contributed by atoms with Gasteiger partial charge < -0.3 is 20.1 Å². The molecule has 2 aliphatic heterocycles. The second-order valence-corrected chi connectivity index (χ2v) is 7.47. The SMILES string of the molecule is C=CC=CC1(C(=O)OCc2ccc(OC)cc2)CS[C@@H]2C(N)C(=O)N2C1.Cl. The van der Waals surface area contributed by atoms with Gasteiger partial charge >= 0.3 is 5.97 Å². The summed E-state index contributed by atoms with van der Waals surface area (Å²) in [5.74, 6) is 0.779. The van der Waals surface area contributed by atoms with Gasteiger partial charge in [-0.3, -0.25) is 9.59 Å².